The third-order valence-electron chi connectivity index (χ3n) is 5.62. The number of carboxylic acids is 1. The average molecular weight is 486 g/mol. The molecule has 176 valence electrons. The van der Waals surface area contributed by atoms with Crippen molar-refractivity contribution in [3.05, 3.63) is 107 Å². The maximum Gasteiger partial charge on any atom is 0.337 e. The van der Waals surface area contributed by atoms with Gasteiger partial charge in [-0.2, -0.15) is 0 Å². The van der Waals surface area contributed by atoms with Crippen molar-refractivity contribution in [1.82, 2.24) is 14.5 Å². The predicted molar refractivity (Wildman–Crippen MR) is 134 cm³/mol. The molecule has 35 heavy (non-hydrogen) atoms. The zero-order chi connectivity index (χ0) is 24.2. The van der Waals surface area contributed by atoms with E-state index in [1.165, 1.54) is 11.3 Å². The van der Waals surface area contributed by atoms with E-state index in [0.717, 1.165) is 39.0 Å². The van der Waals surface area contributed by atoms with Gasteiger partial charge in [0.2, 0.25) is 5.89 Å². The van der Waals surface area contributed by atoms with Gasteiger partial charge >= 0.3 is 5.97 Å². The molecule has 3 aromatic heterocycles. The molecule has 0 amide bonds. The topological polar surface area (TPSA) is 90.4 Å². The smallest absolute Gasteiger partial charge is 0.337 e. The lowest BCUT2D eigenvalue weighted by molar-refractivity contribution is 0.0696. The van der Waals surface area contributed by atoms with E-state index in [2.05, 4.69) is 9.97 Å². The van der Waals surface area contributed by atoms with E-state index < -0.39 is 5.97 Å². The van der Waals surface area contributed by atoms with Crippen molar-refractivity contribution in [2.24, 2.45) is 0 Å². The normalized spacial score (nSPS) is 11.0. The maximum absolute atomic E-state index is 11.7. The van der Waals surface area contributed by atoms with Gasteiger partial charge in [0.05, 0.1) is 17.9 Å². The van der Waals surface area contributed by atoms with Crippen LogP contribution in [0.2, 0.25) is 0 Å². The summed E-state index contributed by atoms with van der Waals surface area (Å²) in [6, 6.07) is 17.5. The van der Waals surface area contributed by atoms with Crippen LogP contribution in [0.1, 0.15) is 32.9 Å². The average Bonchev–Trinajstić information content (AvgIpc) is 3.61. The van der Waals surface area contributed by atoms with Crippen LogP contribution in [-0.2, 0) is 12.8 Å². The molecule has 0 spiro atoms. The number of oxazole rings is 1. The summed E-state index contributed by atoms with van der Waals surface area (Å²) in [5, 5.41) is 12.2. The van der Waals surface area contributed by atoms with E-state index in [4.69, 9.17) is 9.15 Å². The van der Waals surface area contributed by atoms with Crippen LogP contribution in [0.4, 0.5) is 0 Å². The second-order valence-corrected chi connectivity index (χ2v) is 8.90. The van der Waals surface area contributed by atoms with Crippen LogP contribution in [-0.4, -0.2) is 32.2 Å². The molecule has 0 saturated carbocycles. The van der Waals surface area contributed by atoms with Gasteiger partial charge in [-0.1, -0.05) is 30.3 Å². The Labute approximate surface area is 206 Å². The Balaban J connectivity index is 1.21. The Morgan fingerprint density at radius 3 is 2.63 bits per heavy atom. The Morgan fingerprint density at radius 2 is 1.91 bits per heavy atom. The molecule has 5 aromatic rings. The molecule has 8 heteroatoms. The van der Waals surface area contributed by atoms with E-state index in [-0.39, 0.29) is 5.56 Å². The van der Waals surface area contributed by atoms with Gasteiger partial charge in [0.25, 0.3) is 0 Å². The number of ether oxygens (including phenoxy) is 1. The lowest BCUT2D eigenvalue weighted by Crippen LogP contribution is -2.03. The minimum atomic E-state index is -0.950. The van der Waals surface area contributed by atoms with Crippen molar-refractivity contribution in [1.29, 1.82) is 0 Å². The number of carbonyl (C=O) groups is 1. The van der Waals surface area contributed by atoms with Gasteiger partial charge < -0.3 is 14.3 Å². The molecule has 0 saturated heterocycles. The first-order valence-electron chi connectivity index (χ1n) is 11.1. The number of hydrogen-bond donors (Lipinski definition) is 1. The van der Waals surface area contributed by atoms with Crippen molar-refractivity contribution in [2.75, 3.05) is 6.61 Å². The zero-order valence-corrected chi connectivity index (χ0v) is 19.9. The van der Waals surface area contributed by atoms with Crippen molar-refractivity contribution < 1.29 is 19.1 Å². The highest BCUT2D eigenvalue weighted by Gasteiger charge is 2.16. The first-order chi connectivity index (χ1) is 17.1. The summed E-state index contributed by atoms with van der Waals surface area (Å²) >= 11 is 1.46. The molecule has 0 aliphatic heterocycles. The summed E-state index contributed by atoms with van der Waals surface area (Å²) < 4.78 is 13.5. The van der Waals surface area contributed by atoms with Gasteiger partial charge in [-0.25, -0.2) is 14.8 Å². The number of nitrogens with zero attached hydrogens (tertiary/aromatic N) is 3. The van der Waals surface area contributed by atoms with Crippen molar-refractivity contribution in [2.45, 2.75) is 19.8 Å². The molecule has 2 aromatic carbocycles. The highest BCUT2D eigenvalue weighted by Crippen LogP contribution is 2.23. The van der Waals surface area contributed by atoms with E-state index in [1.807, 2.05) is 73.1 Å². The molecule has 0 atom stereocenters. The number of benzene rings is 2. The molecule has 3 heterocycles. The fraction of sp³-hybridized carbons (Fsp3) is 0.148. The van der Waals surface area contributed by atoms with Crippen molar-refractivity contribution in [3.63, 3.8) is 0 Å². The number of thiazole rings is 1. The van der Waals surface area contributed by atoms with Crippen LogP contribution in [0.3, 0.4) is 0 Å². The Morgan fingerprint density at radius 1 is 1.11 bits per heavy atom. The molecule has 0 unspecified atom stereocenters. The van der Waals surface area contributed by atoms with Crippen LogP contribution < -0.4 is 4.74 Å². The molecule has 0 aliphatic carbocycles. The molecule has 0 fully saturated rings. The van der Waals surface area contributed by atoms with E-state index in [9.17, 15) is 9.90 Å². The Kier molecular flexibility index (Phi) is 6.45. The van der Waals surface area contributed by atoms with Gasteiger partial charge in [-0.05, 0) is 48.7 Å². The Hall–Kier alpha value is -4.17. The summed E-state index contributed by atoms with van der Waals surface area (Å²) in [6.07, 6.45) is 6.28. The van der Waals surface area contributed by atoms with E-state index >= 15 is 0 Å². The molecule has 7 nitrogen and oxygen atoms in total. The van der Waals surface area contributed by atoms with E-state index in [1.54, 1.807) is 17.0 Å². The van der Waals surface area contributed by atoms with Gasteiger partial charge in [0, 0.05) is 36.0 Å². The van der Waals surface area contributed by atoms with E-state index in [0.29, 0.717) is 25.3 Å². The van der Waals surface area contributed by atoms with Crippen LogP contribution in [0.5, 0.6) is 5.75 Å². The molecule has 5 rings (SSSR count). The highest BCUT2D eigenvalue weighted by atomic mass is 32.1. The fourth-order valence-corrected chi connectivity index (χ4v) is 4.43. The van der Waals surface area contributed by atoms with Crippen LogP contribution in [0.15, 0.2) is 83.0 Å². The van der Waals surface area contributed by atoms with Gasteiger partial charge in [0.15, 0.2) is 5.13 Å². The predicted octanol–water partition coefficient (Wildman–Crippen LogP) is 5.81. The van der Waals surface area contributed by atoms with Gasteiger partial charge in [-0.15, -0.1) is 11.3 Å². The van der Waals surface area contributed by atoms with Crippen LogP contribution in [0, 0.1) is 6.92 Å². The summed E-state index contributed by atoms with van der Waals surface area (Å²) in [6.45, 7) is 2.39. The maximum atomic E-state index is 11.7. The molecule has 0 radical (unpaired) electrons. The van der Waals surface area contributed by atoms with Crippen LogP contribution in [0.25, 0.3) is 16.6 Å². The minimum absolute atomic E-state index is 0.276. The number of carboxylic acid groups (broad SMARTS) is 1. The molecular formula is C27H23N3O4S. The number of aryl methyl sites for hydroxylation is 1. The number of aromatic carboxylic acids is 1. The summed E-state index contributed by atoms with van der Waals surface area (Å²) in [5.41, 5.74) is 3.84. The first kappa shape index (κ1) is 22.6. The fourth-order valence-electron chi connectivity index (χ4n) is 3.84. The van der Waals surface area contributed by atoms with Crippen molar-refractivity contribution in [3.8, 4) is 22.3 Å². The second-order valence-electron chi connectivity index (χ2n) is 8.03. The second kappa shape index (κ2) is 9.99. The summed E-state index contributed by atoms with van der Waals surface area (Å²) in [5.74, 6) is 1.21. The van der Waals surface area contributed by atoms with Crippen molar-refractivity contribution >= 4 is 17.3 Å². The van der Waals surface area contributed by atoms with Crippen LogP contribution >= 0.6 is 11.3 Å². The van der Waals surface area contributed by atoms with Gasteiger partial charge in [0.1, 0.15) is 11.5 Å². The highest BCUT2D eigenvalue weighted by molar-refractivity contribution is 7.12. The lowest BCUT2D eigenvalue weighted by Gasteiger charge is -2.07. The third-order valence-corrected chi connectivity index (χ3v) is 6.40. The van der Waals surface area contributed by atoms with Gasteiger partial charge in [-0.3, -0.25) is 4.57 Å². The quantitative estimate of drug-likeness (QED) is 0.283. The zero-order valence-electron chi connectivity index (χ0n) is 19.0. The molecule has 0 bridgehead atoms. The molecular weight excluding hydrogens is 462 g/mol. The molecule has 0 aliphatic rings. The first-order valence-corrected chi connectivity index (χ1v) is 12.0. The number of rotatable bonds is 9. The molecule has 1 N–H and O–H groups in total. The minimum Gasteiger partial charge on any atom is -0.493 e. The third kappa shape index (κ3) is 5.17. The number of hydrogen-bond acceptors (Lipinski definition) is 6. The largest absolute Gasteiger partial charge is 0.493 e. The summed E-state index contributed by atoms with van der Waals surface area (Å²) in [4.78, 5) is 20.6. The lowest BCUT2D eigenvalue weighted by atomic mass is 10.0. The Bertz CT molecular complexity index is 1420. The monoisotopic (exact) mass is 485 g/mol. The summed E-state index contributed by atoms with van der Waals surface area (Å²) in [7, 11) is 0. The SMILES string of the molecule is Cc1oc(-c2ccccc2)nc1CCOc1ccc(Cc2cn(-c3nccs3)cc2C(=O)O)cc1. The standard InChI is InChI=1S/C27H23N3O4S/c1-18-24(29-25(34-18)20-5-3-2-4-6-20)11-13-33-22-9-7-19(8-10-22)15-21-16-30(17-23(21)26(31)32)27-28-12-14-35-27/h2-10,12,14,16-17H,11,13,15H2,1H3,(H,31,32). The number of aromatic nitrogens is 3.